The Morgan fingerprint density at radius 1 is 1.16 bits per heavy atom. The number of H-pyrrole nitrogens is 1. The normalized spacial score (nSPS) is 10.8. The third-order valence-electron chi connectivity index (χ3n) is 3.00. The lowest BCUT2D eigenvalue weighted by atomic mass is 10.0. The Morgan fingerprint density at radius 2 is 1.95 bits per heavy atom. The minimum atomic E-state index is -0.173. The van der Waals surface area contributed by atoms with E-state index in [4.69, 9.17) is 0 Å². The monoisotopic (exact) mass is 269 g/mol. The number of hydrogen-bond donors (Lipinski definition) is 1. The lowest BCUT2D eigenvalue weighted by molar-refractivity contribution is 0.102. The van der Waals surface area contributed by atoms with E-state index >= 15 is 0 Å². The molecule has 3 rings (SSSR count). The van der Waals surface area contributed by atoms with Gasteiger partial charge in [0.15, 0.2) is 5.78 Å². The van der Waals surface area contributed by atoms with Crippen molar-refractivity contribution in [2.75, 3.05) is 0 Å². The van der Waals surface area contributed by atoms with E-state index in [1.165, 1.54) is 18.3 Å². The van der Waals surface area contributed by atoms with E-state index in [9.17, 15) is 9.59 Å². The maximum atomic E-state index is 12.0. The smallest absolute Gasteiger partial charge is 0.255 e. The zero-order chi connectivity index (χ0) is 13.4. The molecule has 1 N–H and O–H groups in total. The number of aromatic nitrogens is 1. The molecule has 19 heavy (non-hydrogen) atoms. The summed E-state index contributed by atoms with van der Waals surface area (Å²) in [6, 6.07) is 11.3. The number of fused-ring (bicyclic) bond motifs is 1. The number of Topliss-reactive ketones (excluding diaryl/α,β-unsaturated/α-hetero) is 1. The first-order chi connectivity index (χ1) is 9.18. The van der Waals surface area contributed by atoms with Crippen molar-refractivity contribution in [3.05, 3.63) is 57.8 Å². The van der Waals surface area contributed by atoms with Crippen LogP contribution >= 0.6 is 11.3 Å². The molecule has 0 saturated heterocycles. The van der Waals surface area contributed by atoms with Crippen LogP contribution in [0.4, 0.5) is 0 Å². The number of nitrogens with one attached hydrogen (secondary N) is 1. The molecule has 0 spiro atoms. The summed E-state index contributed by atoms with van der Waals surface area (Å²) in [6.07, 6.45) is 1.59. The van der Waals surface area contributed by atoms with Crippen LogP contribution in [-0.4, -0.2) is 10.8 Å². The molecule has 2 heterocycles. The lowest BCUT2D eigenvalue weighted by Gasteiger charge is -2.01. The summed E-state index contributed by atoms with van der Waals surface area (Å²) in [4.78, 5) is 27.1. The average Bonchev–Trinajstić information content (AvgIpc) is 2.79. The SMILES string of the molecule is CC(=O)c1sc2ccccc2c1-c1ccc[nH]c1=O. The molecule has 0 bridgehead atoms. The van der Waals surface area contributed by atoms with Gasteiger partial charge in [-0.05, 0) is 25.1 Å². The summed E-state index contributed by atoms with van der Waals surface area (Å²) >= 11 is 1.43. The summed E-state index contributed by atoms with van der Waals surface area (Å²) in [5.41, 5.74) is 1.12. The number of thiophene rings is 1. The fourth-order valence-corrected chi connectivity index (χ4v) is 3.29. The van der Waals surface area contributed by atoms with E-state index in [0.717, 1.165) is 15.6 Å². The van der Waals surface area contributed by atoms with Gasteiger partial charge in [0.2, 0.25) is 0 Å². The standard InChI is InChI=1S/C15H11NO2S/c1-9(17)14-13(11-6-4-8-16-15(11)18)10-5-2-3-7-12(10)19-14/h2-8H,1H3,(H,16,18). The molecule has 0 atom stereocenters. The molecule has 3 nitrogen and oxygen atoms in total. The largest absolute Gasteiger partial charge is 0.329 e. The zero-order valence-corrected chi connectivity index (χ0v) is 11.1. The Morgan fingerprint density at radius 3 is 2.68 bits per heavy atom. The number of carbonyl (C=O) groups is 1. The van der Waals surface area contributed by atoms with E-state index in [1.54, 1.807) is 18.3 Å². The van der Waals surface area contributed by atoms with Gasteiger partial charge in [-0.15, -0.1) is 11.3 Å². The Bertz CT molecular complexity index is 829. The topological polar surface area (TPSA) is 49.9 Å². The first kappa shape index (κ1) is 11.9. The molecule has 1 aromatic carbocycles. The summed E-state index contributed by atoms with van der Waals surface area (Å²) < 4.78 is 1.02. The molecule has 94 valence electrons. The number of carbonyl (C=O) groups excluding carboxylic acids is 1. The van der Waals surface area contributed by atoms with Crippen molar-refractivity contribution in [3.8, 4) is 11.1 Å². The number of benzene rings is 1. The van der Waals surface area contributed by atoms with Gasteiger partial charge >= 0.3 is 0 Å². The van der Waals surface area contributed by atoms with Crippen LogP contribution in [0.3, 0.4) is 0 Å². The van der Waals surface area contributed by atoms with Crippen molar-refractivity contribution >= 4 is 27.2 Å². The van der Waals surface area contributed by atoms with Crippen LogP contribution in [0.15, 0.2) is 47.4 Å². The highest BCUT2D eigenvalue weighted by atomic mass is 32.1. The van der Waals surface area contributed by atoms with Gasteiger partial charge in [-0.25, -0.2) is 0 Å². The van der Waals surface area contributed by atoms with Crippen LogP contribution in [0, 0.1) is 0 Å². The Labute approximate surface area is 113 Å². The molecule has 3 aromatic rings. The third kappa shape index (κ3) is 1.90. The van der Waals surface area contributed by atoms with Gasteiger partial charge in [0.25, 0.3) is 5.56 Å². The maximum absolute atomic E-state index is 12.0. The second-order valence-corrected chi connectivity index (χ2v) is 5.32. The van der Waals surface area contributed by atoms with Crippen LogP contribution in [0.2, 0.25) is 0 Å². The van der Waals surface area contributed by atoms with Crippen molar-refractivity contribution in [2.24, 2.45) is 0 Å². The van der Waals surface area contributed by atoms with Gasteiger partial charge in [-0.1, -0.05) is 18.2 Å². The number of pyridine rings is 1. The van der Waals surface area contributed by atoms with Crippen molar-refractivity contribution in [3.63, 3.8) is 0 Å². The van der Waals surface area contributed by atoms with Gasteiger partial charge in [-0.3, -0.25) is 9.59 Å². The van der Waals surface area contributed by atoms with Crippen LogP contribution in [-0.2, 0) is 0 Å². The van der Waals surface area contributed by atoms with Crippen LogP contribution < -0.4 is 5.56 Å². The number of hydrogen-bond acceptors (Lipinski definition) is 3. The Kier molecular flexibility index (Phi) is 2.80. The first-order valence-electron chi connectivity index (χ1n) is 5.89. The van der Waals surface area contributed by atoms with Gasteiger partial charge in [0.05, 0.1) is 4.88 Å². The molecular weight excluding hydrogens is 258 g/mol. The molecular formula is C15H11NO2S. The van der Waals surface area contributed by atoms with E-state index in [-0.39, 0.29) is 11.3 Å². The predicted octanol–water partition coefficient (Wildman–Crippen LogP) is 3.46. The van der Waals surface area contributed by atoms with Crippen molar-refractivity contribution in [1.29, 1.82) is 0 Å². The summed E-state index contributed by atoms with van der Waals surface area (Å²) in [5, 5.41) is 0.953. The van der Waals surface area contributed by atoms with E-state index in [2.05, 4.69) is 4.98 Å². The molecule has 0 aliphatic rings. The first-order valence-corrected chi connectivity index (χ1v) is 6.70. The summed E-state index contributed by atoms with van der Waals surface area (Å²) in [5.74, 6) is -0.0144. The van der Waals surface area contributed by atoms with Crippen molar-refractivity contribution in [2.45, 2.75) is 6.92 Å². The van der Waals surface area contributed by atoms with E-state index < -0.39 is 0 Å². The predicted molar refractivity (Wildman–Crippen MR) is 77.9 cm³/mol. The second-order valence-electron chi connectivity index (χ2n) is 4.27. The number of ketones is 1. The molecule has 0 amide bonds. The van der Waals surface area contributed by atoms with Crippen LogP contribution in [0.25, 0.3) is 21.2 Å². The third-order valence-corrected chi connectivity index (χ3v) is 4.27. The van der Waals surface area contributed by atoms with Crippen LogP contribution in [0.1, 0.15) is 16.6 Å². The minimum Gasteiger partial charge on any atom is -0.329 e. The molecule has 0 radical (unpaired) electrons. The lowest BCUT2D eigenvalue weighted by Crippen LogP contribution is -2.08. The van der Waals surface area contributed by atoms with Gasteiger partial charge in [-0.2, -0.15) is 0 Å². The van der Waals surface area contributed by atoms with Crippen molar-refractivity contribution in [1.82, 2.24) is 4.98 Å². The summed E-state index contributed by atoms with van der Waals surface area (Å²) in [7, 11) is 0. The van der Waals surface area contributed by atoms with Crippen LogP contribution in [0.5, 0.6) is 0 Å². The highest BCUT2D eigenvalue weighted by molar-refractivity contribution is 7.21. The molecule has 2 aromatic heterocycles. The highest BCUT2D eigenvalue weighted by Crippen LogP contribution is 2.37. The van der Waals surface area contributed by atoms with E-state index in [0.29, 0.717) is 10.4 Å². The van der Waals surface area contributed by atoms with Gasteiger partial charge in [0, 0.05) is 27.4 Å². The molecule has 0 aliphatic heterocycles. The quantitative estimate of drug-likeness (QED) is 0.724. The molecule has 0 aliphatic carbocycles. The van der Waals surface area contributed by atoms with E-state index in [1.807, 2.05) is 24.3 Å². The van der Waals surface area contributed by atoms with Crippen molar-refractivity contribution < 1.29 is 4.79 Å². The molecule has 0 fully saturated rings. The summed E-state index contributed by atoms with van der Waals surface area (Å²) in [6.45, 7) is 1.53. The number of rotatable bonds is 2. The molecule has 4 heteroatoms. The highest BCUT2D eigenvalue weighted by Gasteiger charge is 2.18. The molecule has 0 saturated carbocycles. The fourth-order valence-electron chi connectivity index (χ4n) is 2.18. The fraction of sp³-hybridized carbons (Fsp3) is 0.0667. The number of aromatic amines is 1. The average molecular weight is 269 g/mol. The maximum Gasteiger partial charge on any atom is 0.255 e. The minimum absolute atomic E-state index is 0.0144. The van der Waals surface area contributed by atoms with Gasteiger partial charge in [0.1, 0.15) is 0 Å². The molecule has 0 unspecified atom stereocenters. The Hall–Kier alpha value is -2.20. The Balaban J connectivity index is 2.45. The van der Waals surface area contributed by atoms with Gasteiger partial charge < -0.3 is 4.98 Å². The zero-order valence-electron chi connectivity index (χ0n) is 10.3. The second kappa shape index (κ2) is 4.48.